The lowest BCUT2D eigenvalue weighted by Gasteiger charge is -2.46. The van der Waals surface area contributed by atoms with Gasteiger partial charge >= 0.3 is 41.8 Å². The number of ether oxygens (including phenoxy) is 7. The van der Waals surface area contributed by atoms with E-state index in [4.69, 9.17) is 33.2 Å². The number of fused-ring (bicyclic) bond motifs is 1. The molecule has 15 heteroatoms. The molecule has 57 heavy (non-hydrogen) atoms. The van der Waals surface area contributed by atoms with Crippen LogP contribution in [0.5, 0.6) is 0 Å². The summed E-state index contributed by atoms with van der Waals surface area (Å²) in [6, 6.07) is 7.92. The molecule has 1 aromatic rings. The van der Waals surface area contributed by atoms with Crippen LogP contribution in [-0.4, -0.2) is 94.7 Å². The molecule has 314 valence electrons. The van der Waals surface area contributed by atoms with Gasteiger partial charge in [-0.1, -0.05) is 78.5 Å². The molecule has 1 fully saturated rings. The number of carbonyl (C=O) groups excluding carboxylic acids is 7. The molecule has 0 bridgehead atoms. The summed E-state index contributed by atoms with van der Waals surface area (Å²) in [7, 11) is 0. The largest absolute Gasteiger partial charge is 0.458 e. The molecule has 0 aliphatic heterocycles. The van der Waals surface area contributed by atoms with Crippen molar-refractivity contribution in [1.29, 1.82) is 0 Å². The molecule has 1 aromatic carbocycles. The van der Waals surface area contributed by atoms with Crippen LogP contribution in [0.2, 0.25) is 0 Å². The zero-order chi connectivity index (χ0) is 43.2. The van der Waals surface area contributed by atoms with Crippen LogP contribution in [0.3, 0.4) is 0 Å². The Morgan fingerprint density at radius 2 is 1.33 bits per heavy atom. The first kappa shape index (κ1) is 46.3. The van der Waals surface area contributed by atoms with Crippen LogP contribution >= 0.6 is 0 Å². The Morgan fingerprint density at radius 1 is 0.772 bits per heavy atom. The third-order valence-electron chi connectivity index (χ3n) is 10.1. The fourth-order valence-electron chi connectivity index (χ4n) is 7.63. The van der Waals surface area contributed by atoms with Gasteiger partial charge in [0, 0.05) is 57.4 Å². The van der Waals surface area contributed by atoms with E-state index in [0.29, 0.717) is 0 Å². The Bertz CT molecular complexity index is 1730. The molecule has 0 spiro atoms. The Morgan fingerprint density at radius 3 is 1.84 bits per heavy atom. The molecular weight excluding hydrogens is 744 g/mol. The maximum Gasteiger partial charge on any atom is 0.338 e. The van der Waals surface area contributed by atoms with Crippen LogP contribution in [0.15, 0.2) is 54.6 Å². The number of hydrogen-bond donors (Lipinski definition) is 1. The van der Waals surface area contributed by atoms with Gasteiger partial charge in [-0.3, -0.25) is 28.8 Å². The third kappa shape index (κ3) is 10.9. The lowest BCUT2D eigenvalue weighted by molar-refractivity contribution is -0.198. The first-order valence-corrected chi connectivity index (χ1v) is 18.9. The first-order chi connectivity index (χ1) is 26.4. The Labute approximate surface area is 333 Å². The smallest absolute Gasteiger partial charge is 0.338 e. The molecule has 0 heterocycles. The summed E-state index contributed by atoms with van der Waals surface area (Å²) in [6.07, 6.45) is -7.52. The van der Waals surface area contributed by atoms with E-state index in [1.807, 2.05) is 0 Å². The van der Waals surface area contributed by atoms with Crippen molar-refractivity contribution >= 4 is 41.8 Å². The summed E-state index contributed by atoms with van der Waals surface area (Å²) in [5.41, 5.74) is -5.76. The van der Waals surface area contributed by atoms with Gasteiger partial charge in [0.25, 0.3) is 0 Å². The van der Waals surface area contributed by atoms with E-state index in [1.54, 1.807) is 51.1 Å². The minimum Gasteiger partial charge on any atom is -0.458 e. The molecule has 0 amide bonds. The number of aliphatic hydroxyl groups is 1. The van der Waals surface area contributed by atoms with Crippen molar-refractivity contribution in [2.45, 2.75) is 137 Å². The van der Waals surface area contributed by atoms with Crippen LogP contribution in [0.25, 0.3) is 0 Å². The number of hydrogen-bond acceptors (Lipinski definition) is 15. The zero-order valence-corrected chi connectivity index (χ0v) is 34.5. The van der Waals surface area contributed by atoms with Gasteiger partial charge in [0.2, 0.25) is 0 Å². The van der Waals surface area contributed by atoms with E-state index < -0.39 is 119 Å². The Balaban J connectivity index is 2.61. The summed E-state index contributed by atoms with van der Waals surface area (Å²) in [5.74, 6) is -9.35. The van der Waals surface area contributed by atoms with Gasteiger partial charge in [-0.05, 0) is 19.1 Å². The highest BCUT2D eigenvalue weighted by Gasteiger charge is 2.70. The third-order valence-corrected chi connectivity index (χ3v) is 10.1. The first-order valence-electron chi connectivity index (χ1n) is 18.9. The van der Waals surface area contributed by atoms with Gasteiger partial charge in [0.05, 0.1) is 17.4 Å². The highest BCUT2D eigenvalue weighted by molar-refractivity contribution is 5.89. The van der Waals surface area contributed by atoms with Crippen molar-refractivity contribution in [2.24, 2.45) is 23.2 Å². The molecule has 1 N–H and O–H groups in total. The molecule has 2 aliphatic rings. The molecule has 0 radical (unpaired) electrons. The van der Waals surface area contributed by atoms with E-state index in [0.717, 1.165) is 27.7 Å². The Hall–Kier alpha value is -5.05. The van der Waals surface area contributed by atoms with Crippen molar-refractivity contribution in [2.75, 3.05) is 0 Å². The Kier molecular flexibility index (Phi) is 15.0. The zero-order valence-electron chi connectivity index (χ0n) is 34.5. The summed E-state index contributed by atoms with van der Waals surface area (Å²) in [5, 5.41) is 13.4. The minimum absolute atomic E-state index is 0.121. The molecule has 3 rings (SSSR count). The molecule has 2 aliphatic carbocycles. The molecule has 0 aromatic heterocycles. The van der Waals surface area contributed by atoms with Crippen molar-refractivity contribution < 1.29 is 71.8 Å². The SMILES string of the molecule is C=C1[C@H](OC(=O)C(C)C)[C@@H](OC(C)=O)[C@@H](OC(C)=O)C(C)(C)/C=C/[C@H](C)[C@@H](OC(=O)c2ccccc2)[C@@]2(O)C[C@@](C)(OC(C)=O)[C@H](OC(C)=O)[C@@H]2[C@H]1OC(=O)CC. The van der Waals surface area contributed by atoms with Crippen LogP contribution in [0.1, 0.15) is 99.4 Å². The maximum atomic E-state index is 13.9. The predicted octanol–water partition coefficient (Wildman–Crippen LogP) is 4.76. The van der Waals surface area contributed by atoms with E-state index in [1.165, 1.54) is 39.8 Å². The summed E-state index contributed by atoms with van der Waals surface area (Å²) >= 11 is 0. The van der Waals surface area contributed by atoms with Crippen LogP contribution in [0, 0.1) is 23.2 Å². The normalized spacial score (nSPS) is 31.6. The van der Waals surface area contributed by atoms with E-state index in [9.17, 15) is 38.7 Å². The fraction of sp³-hybridized carbons (Fsp3) is 0.595. The second kappa shape index (κ2) is 18.5. The van der Waals surface area contributed by atoms with Crippen LogP contribution in [0.4, 0.5) is 0 Å². The molecule has 15 nitrogen and oxygen atoms in total. The molecule has 10 atom stereocenters. The second-order valence-electron chi connectivity index (χ2n) is 15.8. The van der Waals surface area contributed by atoms with Crippen molar-refractivity contribution in [3.63, 3.8) is 0 Å². The van der Waals surface area contributed by atoms with Crippen molar-refractivity contribution in [3.05, 3.63) is 60.2 Å². The van der Waals surface area contributed by atoms with Crippen LogP contribution in [-0.2, 0) is 61.9 Å². The summed E-state index contributed by atoms with van der Waals surface area (Å²) in [4.78, 5) is 92.3. The van der Waals surface area contributed by atoms with Gasteiger partial charge < -0.3 is 38.3 Å². The summed E-state index contributed by atoms with van der Waals surface area (Å²) in [6.45, 7) is 19.5. The highest BCUT2D eigenvalue weighted by Crippen LogP contribution is 2.54. The number of benzene rings is 1. The standard InChI is InChI=1S/C42H56O15/c1-13-30(47)54-32-24(5)33(55-38(48)22(2)3)34(51-25(6)43)37(53-27(8)45)40(10,11)20-19-23(4)35(56-39(49)29-17-15-14-16-18-29)42(50)21-41(12,57-28(9)46)36(31(32)42)52-26(7)44/h14-20,22-23,31-37,50H,5,13,21H2,1-4,6-12H3/b20-19+/t23-,31-,32-,33-,34+,35+,36+,37+,41+,42+/m0/s1. The molecule has 0 unspecified atom stereocenters. The topological polar surface area (TPSA) is 204 Å². The molecule has 1 saturated carbocycles. The second-order valence-corrected chi connectivity index (χ2v) is 15.8. The fourth-order valence-corrected chi connectivity index (χ4v) is 7.63. The quantitative estimate of drug-likeness (QED) is 0.193. The number of rotatable bonds is 10. The average molecular weight is 801 g/mol. The van der Waals surface area contributed by atoms with Gasteiger partial charge in [-0.15, -0.1) is 0 Å². The van der Waals surface area contributed by atoms with E-state index in [2.05, 4.69) is 6.58 Å². The molecule has 0 saturated heterocycles. The number of carbonyl (C=O) groups is 7. The van der Waals surface area contributed by atoms with Gasteiger partial charge in [0.15, 0.2) is 24.4 Å². The monoisotopic (exact) mass is 800 g/mol. The van der Waals surface area contributed by atoms with Crippen LogP contribution < -0.4 is 0 Å². The lowest BCUT2D eigenvalue weighted by Crippen LogP contribution is -2.60. The maximum absolute atomic E-state index is 13.9. The van der Waals surface area contributed by atoms with Gasteiger partial charge in [-0.25, -0.2) is 4.79 Å². The highest BCUT2D eigenvalue weighted by atomic mass is 16.6. The summed E-state index contributed by atoms with van der Waals surface area (Å²) < 4.78 is 41.7. The lowest BCUT2D eigenvalue weighted by atomic mass is 9.71. The van der Waals surface area contributed by atoms with Crippen molar-refractivity contribution in [3.8, 4) is 0 Å². The van der Waals surface area contributed by atoms with E-state index in [-0.39, 0.29) is 17.6 Å². The predicted molar refractivity (Wildman–Crippen MR) is 202 cm³/mol. The number of esters is 7. The molecular formula is C42H56O15. The average Bonchev–Trinajstić information content (AvgIpc) is 3.32. The van der Waals surface area contributed by atoms with Crippen molar-refractivity contribution in [1.82, 2.24) is 0 Å². The van der Waals surface area contributed by atoms with Gasteiger partial charge in [0.1, 0.15) is 23.4 Å². The van der Waals surface area contributed by atoms with Gasteiger partial charge in [-0.2, -0.15) is 0 Å². The minimum atomic E-state index is -2.41. The van der Waals surface area contributed by atoms with E-state index >= 15 is 0 Å².